The van der Waals surface area contributed by atoms with Gasteiger partial charge < -0.3 is 0 Å². The Morgan fingerprint density at radius 1 is 1.20 bits per heavy atom. The average molecular weight is 335 g/mol. The van der Waals surface area contributed by atoms with Gasteiger partial charge in [-0.05, 0) is 44.2 Å². The number of hydrogen-bond acceptors (Lipinski definition) is 1. The topological polar surface area (TPSA) is 17.8 Å². The molecule has 2 nitrogen and oxygen atoms in total. The van der Waals surface area contributed by atoms with E-state index >= 15 is 0 Å². The summed E-state index contributed by atoms with van der Waals surface area (Å²) < 4.78 is 2.08. The highest BCUT2D eigenvalue weighted by molar-refractivity contribution is 9.09. The fraction of sp³-hybridized carbons (Fsp3) is 0.471. The van der Waals surface area contributed by atoms with E-state index in [1.165, 1.54) is 11.3 Å². The highest BCUT2D eigenvalue weighted by atomic mass is 79.9. The molecule has 1 aromatic heterocycles. The lowest BCUT2D eigenvalue weighted by atomic mass is 10.1. The van der Waals surface area contributed by atoms with Gasteiger partial charge in [-0.3, -0.25) is 4.68 Å². The standard InChI is InChI=1S/C17H23BrN2/c1-3-14(2)20-13-12-16(19-20)10-7-11-17(18)15-8-5-4-6-9-15/h4-6,8-9,12-14,17H,3,7,10-11H2,1-2H3. The maximum atomic E-state index is 4.65. The zero-order chi connectivity index (χ0) is 14.4. The molecule has 20 heavy (non-hydrogen) atoms. The summed E-state index contributed by atoms with van der Waals surface area (Å²) >= 11 is 3.77. The number of hydrogen-bond donors (Lipinski definition) is 0. The molecule has 2 rings (SSSR count). The molecule has 1 heterocycles. The molecule has 0 saturated heterocycles. The van der Waals surface area contributed by atoms with E-state index in [-0.39, 0.29) is 0 Å². The summed E-state index contributed by atoms with van der Waals surface area (Å²) in [5, 5.41) is 4.65. The van der Waals surface area contributed by atoms with Gasteiger partial charge >= 0.3 is 0 Å². The van der Waals surface area contributed by atoms with Crippen LogP contribution in [0.3, 0.4) is 0 Å². The normalized spacial score (nSPS) is 14.2. The van der Waals surface area contributed by atoms with Crippen LogP contribution in [0.1, 0.15) is 55.2 Å². The van der Waals surface area contributed by atoms with Crippen molar-refractivity contribution in [1.82, 2.24) is 9.78 Å². The first-order valence-corrected chi connectivity index (χ1v) is 8.35. The van der Waals surface area contributed by atoms with Crippen LogP contribution >= 0.6 is 15.9 Å². The zero-order valence-electron chi connectivity index (χ0n) is 12.3. The van der Waals surface area contributed by atoms with E-state index in [9.17, 15) is 0 Å². The Labute approximate surface area is 130 Å². The van der Waals surface area contributed by atoms with Crippen molar-refractivity contribution in [2.45, 2.75) is 50.4 Å². The van der Waals surface area contributed by atoms with Crippen LogP contribution < -0.4 is 0 Å². The second kappa shape index (κ2) is 7.63. The Hall–Kier alpha value is -1.09. The van der Waals surface area contributed by atoms with Gasteiger partial charge in [-0.2, -0.15) is 5.10 Å². The van der Waals surface area contributed by atoms with Gasteiger partial charge in [0, 0.05) is 17.1 Å². The molecule has 2 atom stereocenters. The van der Waals surface area contributed by atoms with Crippen molar-refractivity contribution in [1.29, 1.82) is 0 Å². The highest BCUT2D eigenvalue weighted by Gasteiger charge is 2.08. The Morgan fingerprint density at radius 2 is 1.95 bits per heavy atom. The van der Waals surface area contributed by atoms with Gasteiger partial charge in [0.05, 0.1) is 5.69 Å². The molecular formula is C17H23BrN2. The van der Waals surface area contributed by atoms with Crippen LogP contribution in [0.5, 0.6) is 0 Å². The van der Waals surface area contributed by atoms with Gasteiger partial charge in [0.15, 0.2) is 0 Å². The van der Waals surface area contributed by atoms with E-state index < -0.39 is 0 Å². The minimum atomic E-state index is 0.445. The molecule has 3 heteroatoms. The lowest BCUT2D eigenvalue weighted by Crippen LogP contribution is -2.04. The summed E-state index contributed by atoms with van der Waals surface area (Å²) in [6, 6.07) is 13.3. The fourth-order valence-corrected chi connectivity index (χ4v) is 2.86. The van der Waals surface area contributed by atoms with Gasteiger partial charge in [-0.25, -0.2) is 0 Å². The summed E-state index contributed by atoms with van der Waals surface area (Å²) in [7, 11) is 0. The van der Waals surface area contributed by atoms with Crippen LogP contribution in [0.4, 0.5) is 0 Å². The smallest absolute Gasteiger partial charge is 0.0624 e. The van der Waals surface area contributed by atoms with Crippen molar-refractivity contribution >= 4 is 15.9 Å². The molecule has 0 aliphatic rings. The molecule has 0 N–H and O–H groups in total. The monoisotopic (exact) mass is 334 g/mol. The van der Waals surface area contributed by atoms with Crippen molar-refractivity contribution < 1.29 is 0 Å². The number of benzene rings is 1. The van der Waals surface area contributed by atoms with Crippen LogP contribution in [-0.4, -0.2) is 9.78 Å². The second-order valence-corrected chi connectivity index (χ2v) is 6.42. The van der Waals surface area contributed by atoms with Crippen LogP contribution in [-0.2, 0) is 6.42 Å². The van der Waals surface area contributed by atoms with Gasteiger partial charge in [0.25, 0.3) is 0 Å². The van der Waals surface area contributed by atoms with E-state index in [0.29, 0.717) is 10.9 Å². The summed E-state index contributed by atoms with van der Waals surface area (Å²) in [6.07, 6.45) is 6.58. The first kappa shape index (κ1) is 15.3. The van der Waals surface area contributed by atoms with Gasteiger partial charge in [0.1, 0.15) is 0 Å². The minimum Gasteiger partial charge on any atom is -0.270 e. The van der Waals surface area contributed by atoms with Crippen molar-refractivity contribution in [3.8, 4) is 0 Å². The van der Waals surface area contributed by atoms with E-state index in [2.05, 4.69) is 82.2 Å². The first-order valence-electron chi connectivity index (χ1n) is 7.43. The van der Waals surface area contributed by atoms with Crippen molar-refractivity contribution in [3.05, 3.63) is 53.9 Å². The number of rotatable bonds is 7. The summed E-state index contributed by atoms with van der Waals surface area (Å²) in [4.78, 5) is 0.445. The Balaban J connectivity index is 1.80. The Bertz CT molecular complexity index is 507. The molecule has 0 radical (unpaired) electrons. The maximum absolute atomic E-state index is 4.65. The zero-order valence-corrected chi connectivity index (χ0v) is 13.9. The van der Waals surface area contributed by atoms with Crippen molar-refractivity contribution in [3.63, 3.8) is 0 Å². The molecule has 0 aliphatic carbocycles. The number of alkyl halides is 1. The number of aryl methyl sites for hydroxylation is 1. The molecule has 0 aliphatic heterocycles. The van der Waals surface area contributed by atoms with E-state index in [4.69, 9.17) is 0 Å². The second-order valence-electron chi connectivity index (χ2n) is 5.31. The molecule has 108 valence electrons. The molecule has 0 spiro atoms. The lowest BCUT2D eigenvalue weighted by molar-refractivity contribution is 0.472. The summed E-state index contributed by atoms with van der Waals surface area (Å²) in [5.41, 5.74) is 2.57. The van der Waals surface area contributed by atoms with E-state index in [1.54, 1.807) is 0 Å². The summed E-state index contributed by atoms with van der Waals surface area (Å²) in [5.74, 6) is 0. The fourth-order valence-electron chi connectivity index (χ4n) is 2.23. The molecule has 0 bridgehead atoms. The molecule has 1 aromatic carbocycles. The van der Waals surface area contributed by atoms with E-state index in [1.807, 2.05) is 0 Å². The molecular weight excluding hydrogens is 312 g/mol. The molecule has 0 fully saturated rings. The van der Waals surface area contributed by atoms with Crippen LogP contribution in [0.15, 0.2) is 42.6 Å². The summed E-state index contributed by atoms with van der Waals surface area (Å²) in [6.45, 7) is 4.40. The number of aromatic nitrogens is 2. The largest absolute Gasteiger partial charge is 0.270 e. The van der Waals surface area contributed by atoms with Crippen LogP contribution in [0, 0.1) is 0 Å². The predicted molar refractivity (Wildman–Crippen MR) is 88.3 cm³/mol. The van der Waals surface area contributed by atoms with Crippen molar-refractivity contribution in [2.75, 3.05) is 0 Å². The van der Waals surface area contributed by atoms with Crippen molar-refractivity contribution in [2.24, 2.45) is 0 Å². The molecule has 0 amide bonds. The Kier molecular flexibility index (Phi) is 5.84. The average Bonchev–Trinajstić information content (AvgIpc) is 2.96. The predicted octanol–water partition coefficient (Wildman–Crippen LogP) is 5.31. The van der Waals surface area contributed by atoms with Gasteiger partial charge in [0.2, 0.25) is 0 Å². The number of nitrogens with zero attached hydrogens (tertiary/aromatic N) is 2. The van der Waals surface area contributed by atoms with Gasteiger partial charge in [-0.1, -0.05) is 53.2 Å². The maximum Gasteiger partial charge on any atom is 0.0624 e. The van der Waals surface area contributed by atoms with Crippen LogP contribution in [0.2, 0.25) is 0 Å². The molecule has 2 aromatic rings. The highest BCUT2D eigenvalue weighted by Crippen LogP contribution is 2.27. The van der Waals surface area contributed by atoms with Gasteiger partial charge in [-0.15, -0.1) is 0 Å². The third kappa shape index (κ3) is 4.20. The first-order chi connectivity index (χ1) is 9.70. The molecule has 2 unspecified atom stereocenters. The van der Waals surface area contributed by atoms with E-state index in [0.717, 1.165) is 25.7 Å². The third-order valence-electron chi connectivity index (χ3n) is 3.76. The molecule has 0 saturated carbocycles. The SMILES string of the molecule is CCC(C)n1ccc(CCCC(Br)c2ccccc2)n1. The third-order valence-corrected chi connectivity index (χ3v) is 4.74. The minimum absolute atomic E-state index is 0.445. The number of halogens is 1. The quantitative estimate of drug-likeness (QED) is 0.627. The Morgan fingerprint density at radius 3 is 2.65 bits per heavy atom. The van der Waals surface area contributed by atoms with Crippen LogP contribution in [0.25, 0.3) is 0 Å². The lowest BCUT2D eigenvalue weighted by Gasteiger charge is -2.10.